The van der Waals surface area contributed by atoms with E-state index in [1.165, 1.54) is 22.5 Å². The summed E-state index contributed by atoms with van der Waals surface area (Å²) in [6.07, 6.45) is 3.23. The minimum atomic E-state index is -0.706. The van der Waals surface area contributed by atoms with Gasteiger partial charge in [0, 0.05) is 11.4 Å². The number of rotatable bonds is 1. The Morgan fingerprint density at radius 3 is 1.96 bits per heavy atom. The first-order chi connectivity index (χ1) is 11.3. The van der Waals surface area contributed by atoms with Crippen LogP contribution in [-0.4, -0.2) is 28.5 Å². The van der Waals surface area contributed by atoms with Crippen LogP contribution in [0, 0.1) is 0 Å². The van der Waals surface area contributed by atoms with Gasteiger partial charge in [-0.2, -0.15) is 0 Å². The van der Waals surface area contributed by atoms with Gasteiger partial charge in [-0.05, 0) is 55.4 Å². The molecule has 1 aliphatic carbocycles. The fourth-order valence-electron chi connectivity index (χ4n) is 4.09. The summed E-state index contributed by atoms with van der Waals surface area (Å²) in [4.78, 5) is 2.28. The molecule has 1 saturated carbocycles. The maximum absolute atomic E-state index is 10.6. The lowest BCUT2D eigenvalue weighted by Gasteiger charge is -2.41. The Labute approximate surface area is 137 Å². The molecule has 1 aliphatic heterocycles. The topological polar surface area (TPSA) is 43.7 Å². The average Bonchev–Trinajstić information content (AvgIpc) is 2.75. The van der Waals surface area contributed by atoms with Crippen molar-refractivity contribution in [3.8, 4) is 0 Å². The molecule has 3 atom stereocenters. The summed E-state index contributed by atoms with van der Waals surface area (Å²) < 4.78 is 0. The standard InChI is InChI=1S/C20H23NO2/c22-19-11-5-10-18(20(19)23)21-16-8-3-1-6-14(16)12-13-15-7-2-4-9-17(15)21/h1-4,6-9,18-20,22-23H,5,10-13H2/t18-,19-,20+/m1/s1. The number of aliphatic hydroxyl groups is 2. The van der Waals surface area contributed by atoms with E-state index in [1.54, 1.807) is 0 Å². The molecule has 0 amide bonds. The Morgan fingerprint density at radius 2 is 1.35 bits per heavy atom. The number of nitrogens with zero attached hydrogens (tertiary/aromatic N) is 1. The molecule has 2 aromatic rings. The average molecular weight is 309 g/mol. The molecular formula is C20H23NO2. The number of fused-ring (bicyclic) bond motifs is 2. The van der Waals surface area contributed by atoms with Crippen molar-refractivity contribution in [2.45, 2.75) is 50.4 Å². The van der Waals surface area contributed by atoms with Gasteiger partial charge < -0.3 is 15.1 Å². The Morgan fingerprint density at radius 1 is 0.783 bits per heavy atom. The number of para-hydroxylation sites is 2. The van der Waals surface area contributed by atoms with Gasteiger partial charge in [-0.25, -0.2) is 0 Å². The fourth-order valence-corrected chi connectivity index (χ4v) is 4.09. The van der Waals surface area contributed by atoms with Crippen LogP contribution in [0.4, 0.5) is 11.4 Å². The number of aliphatic hydroxyl groups excluding tert-OH is 2. The third kappa shape index (κ3) is 2.54. The lowest BCUT2D eigenvalue weighted by molar-refractivity contribution is -0.0204. The summed E-state index contributed by atoms with van der Waals surface area (Å²) in [7, 11) is 0. The van der Waals surface area contributed by atoms with Crippen LogP contribution in [0.15, 0.2) is 48.5 Å². The molecule has 4 rings (SSSR count). The van der Waals surface area contributed by atoms with Crippen molar-refractivity contribution in [2.75, 3.05) is 4.90 Å². The van der Waals surface area contributed by atoms with Crippen LogP contribution >= 0.6 is 0 Å². The van der Waals surface area contributed by atoms with Crippen LogP contribution < -0.4 is 4.90 Å². The number of aryl methyl sites for hydroxylation is 2. The predicted octanol–water partition coefficient (Wildman–Crippen LogP) is 3.20. The third-order valence-electron chi connectivity index (χ3n) is 5.29. The van der Waals surface area contributed by atoms with Gasteiger partial charge in [-0.15, -0.1) is 0 Å². The molecule has 3 nitrogen and oxygen atoms in total. The van der Waals surface area contributed by atoms with Crippen molar-refractivity contribution in [2.24, 2.45) is 0 Å². The van der Waals surface area contributed by atoms with E-state index < -0.39 is 12.2 Å². The van der Waals surface area contributed by atoms with Gasteiger partial charge in [0.05, 0.1) is 12.1 Å². The van der Waals surface area contributed by atoms with Crippen LogP contribution in [0.5, 0.6) is 0 Å². The number of hydrogen-bond donors (Lipinski definition) is 2. The normalized spacial score (nSPS) is 27.0. The molecule has 0 spiro atoms. The van der Waals surface area contributed by atoms with Crippen LogP contribution in [0.1, 0.15) is 30.4 Å². The van der Waals surface area contributed by atoms with Crippen LogP contribution in [0.3, 0.4) is 0 Å². The van der Waals surface area contributed by atoms with E-state index in [2.05, 4.69) is 53.4 Å². The highest BCUT2D eigenvalue weighted by Gasteiger charge is 2.37. The second-order valence-corrected chi connectivity index (χ2v) is 6.68. The van der Waals surface area contributed by atoms with Gasteiger partial charge in [-0.3, -0.25) is 0 Å². The molecule has 0 radical (unpaired) electrons. The highest BCUT2D eigenvalue weighted by atomic mass is 16.3. The molecule has 2 N–H and O–H groups in total. The molecule has 3 heteroatoms. The van der Waals surface area contributed by atoms with E-state index in [0.717, 1.165) is 25.7 Å². The van der Waals surface area contributed by atoms with E-state index in [-0.39, 0.29) is 6.04 Å². The van der Waals surface area contributed by atoms with Gasteiger partial charge >= 0.3 is 0 Å². The van der Waals surface area contributed by atoms with Crippen molar-refractivity contribution < 1.29 is 10.2 Å². The molecular weight excluding hydrogens is 286 g/mol. The Balaban J connectivity index is 1.86. The first kappa shape index (κ1) is 14.7. The lowest BCUT2D eigenvalue weighted by atomic mass is 9.88. The van der Waals surface area contributed by atoms with Gasteiger partial charge in [0.25, 0.3) is 0 Å². The van der Waals surface area contributed by atoms with Crippen molar-refractivity contribution >= 4 is 11.4 Å². The van der Waals surface area contributed by atoms with E-state index in [0.29, 0.717) is 6.42 Å². The highest BCUT2D eigenvalue weighted by Crippen LogP contribution is 2.40. The Kier molecular flexibility index (Phi) is 3.83. The summed E-state index contributed by atoms with van der Waals surface area (Å²) in [5.41, 5.74) is 4.98. The summed E-state index contributed by atoms with van der Waals surface area (Å²) in [6, 6.07) is 16.9. The van der Waals surface area contributed by atoms with Crippen molar-refractivity contribution in [3.63, 3.8) is 0 Å². The Bertz CT molecular complexity index is 652. The Hall–Kier alpha value is -1.84. The molecule has 0 aromatic heterocycles. The molecule has 0 bridgehead atoms. The maximum Gasteiger partial charge on any atom is 0.101 e. The van der Waals surface area contributed by atoms with Crippen molar-refractivity contribution in [3.05, 3.63) is 59.7 Å². The number of hydrogen-bond acceptors (Lipinski definition) is 3. The SMILES string of the molecule is O[C@@H]1[C@H](O)CCC[C@H]1N1c2ccccc2CCc2ccccc21. The molecule has 0 saturated heterocycles. The third-order valence-corrected chi connectivity index (χ3v) is 5.29. The molecule has 1 heterocycles. The van der Waals surface area contributed by atoms with Crippen LogP contribution in [-0.2, 0) is 12.8 Å². The van der Waals surface area contributed by atoms with Gasteiger partial charge in [0.15, 0.2) is 0 Å². The van der Waals surface area contributed by atoms with E-state index in [9.17, 15) is 10.2 Å². The zero-order valence-electron chi connectivity index (χ0n) is 13.2. The summed E-state index contributed by atoms with van der Waals surface area (Å²) >= 11 is 0. The number of anilines is 2. The maximum atomic E-state index is 10.6. The zero-order chi connectivity index (χ0) is 15.8. The van der Waals surface area contributed by atoms with E-state index >= 15 is 0 Å². The molecule has 1 fully saturated rings. The van der Waals surface area contributed by atoms with Crippen molar-refractivity contribution in [1.82, 2.24) is 0 Å². The summed E-state index contributed by atoms with van der Waals surface area (Å²) in [5, 5.41) is 20.8. The predicted molar refractivity (Wildman–Crippen MR) is 92.1 cm³/mol. The second-order valence-electron chi connectivity index (χ2n) is 6.68. The minimum absolute atomic E-state index is 0.0702. The minimum Gasteiger partial charge on any atom is -0.390 e. The molecule has 23 heavy (non-hydrogen) atoms. The molecule has 0 unspecified atom stereocenters. The largest absolute Gasteiger partial charge is 0.390 e. The second kappa shape index (κ2) is 5.99. The van der Waals surface area contributed by atoms with Gasteiger partial charge in [-0.1, -0.05) is 36.4 Å². The first-order valence-corrected chi connectivity index (χ1v) is 8.57. The summed E-state index contributed by atoms with van der Waals surface area (Å²) in [6.45, 7) is 0. The molecule has 2 aromatic carbocycles. The monoisotopic (exact) mass is 309 g/mol. The molecule has 120 valence electrons. The van der Waals surface area contributed by atoms with Gasteiger partial charge in [0.2, 0.25) is 0 Å². The van der Waals surface area contributed by atoms with Crippen molar-refractivity contribution in [1.29, 1.82) is 0 Å². The zero-order valence-corrected chi connectivity index (χ0v) is 13.2. The highest BCUT2D eigenvalue weighted by molar-refractivity contribution is 5.72. The first-order valence-electron chi connectivity index (χ1n) is 8.57. The number of benzene rings is 2. The van der Waals surface area contributed by atoms with Crippen LogP contribution in [0.2, 0.25) is 0 Å². The van der Waals surface area contributed by atoms with E-state index in [4.69, 9.17) is 0 Å². The fraction of sp³-hybridized carbons (Fsp3) is 0.400. The molecule has 2 aliphatic rings. The smallest absolute Gasteiger partial charge is 0.101 e. The summed E-state index contributed by atoms with van der Waals surface area (Å²) in [5.74, 6) is 0. The lowest BCUT2D eigenvalue weighted by Crippen LogP contribution is -2.50. The van der Waals surface area contributed by atoms with Gasteiger partial charge in [0.1, 0.15) is 6.10 Å². The van der Waals surface area contributed by atoms with E-state index in [1.807, 2.05) is 0 Å². The quantitative estimate of drug-likeness (QED) is 0.850. The van der Waals surface area contributed by atoms with Crippen LogP contribution in [0.25, 0.3) is 0 Å².